The molecule has 0 saturated heterocycles. The van der Waals surface area contributed by atoms with Crippen LogP contribution >= 0.6 is 0 Å². The van der Waals surface area contributed by atoms with E-state index in [0.29, 0.717) is 29.7 Å². The van der Waals surface area contributed by atoms with Gasteiger partial charge in [-0.2, -0.15) is 0 Å². The Kier molecular flexibility index (Phi) is 6.24. The summed E-state index contributed by atoms with van der Waals surface area (Å²) in [6.45, 7) is 6.32. The fourth-order valence-corrected chi connectivity index (χ4v) is 4.21. The average molecular weight is 416 g/mol. The number of methoxy groups -OCH3 is 1. The Morgan fingerprint density at radius 1 is 1.14 bits per heavy atom. The third kappa shape index (κ3) is 4.78. The summed E-state index contributed by atoms with van der Waals surface area (Å²) in [5.74, 6) is 1.15. The van der Waals surface area contributed by atoms with Crippen molar-refractivity contribution in [2.24, 2.45) is 0 Å². The van der Waals surface area contributed by atoms with Crippen molar-refractivity contribution in [3.8, 4) is 17.5 Å². The molecule has 1 heterocycles. The van der Waals surface area contributed by atoms with Crippen LogP contribution in [0.15, 0.2) is 59.6 Å². The third-order valence-electron chi connectivity index (χ3n) is 4.52. The van der Waals surface area contributed by atoms with Crippen LogP contribution in [-0.2, 0) is 16.6 Å². The Morgan fingerprint density at radius 2 is 1.86 bits per heavy atom. The van der Waals surface area contributed by atoms with Gasteiger partial charge in [0.05, 0.1) is 29.9 Å². The number of ether oxygens (including phenoxy) is 2. The Hall–Kier alpha value is -2.84. The molecule has 29 heavy (non-hydrogen) atoms. The van der Waals surface area contributed by atoms with Crippen molar-refractivity contribution in [1.29, 1.82) is 0 Å². The third-order valence-corrected chi connectivity index (χ3v) is 6.06. The maximum atomic E-state index is 12.8. The predicted molar refractivity (Wildman–Crippen MR) is 111 cm³/mol. The van der Waals surface area contributed by atoms with E-state index < -0.39 is 16.1 Å². The minimum absolute atomic E-state index is 0.141. The molecule has 2 aromatic carbocycles. The van der Waals surface area contributed by atoms with Gasteiger partial charge in [-0.15, -0.1) is 0 Å². The van der Waals surface area contributed by atoms with E-state index in [9.17, 15) is 8.42 Å². The summed E-state index contributed by atoms with van der Waals surface area (Å²) in [6, 6.07) is 13.9. The molecule has 8 heteroatoms. The van der Waals surface area contributed by atoms with E-state index in [4.69, 9.17) is 9.47 Å². The minimum Gasteiger partial charge on any atom is -0.497 e. The van der Waals surface area contributed by atoms with Crippen LogP contribution in [0.1, 0.15) is 31.1 Å². The molecule has 0 radical (unpaired) electrons. The lowest BCUT2D eigenvalue weighted by atomic mass is 10.2. The molecule has 0 aliphatic carbocycles. The second-order valence-electron chi connectivity index (χ2n) is 6.65. The lowest BCUT2D eigenvalue weighted by Crippen LogP contribution is -2.28. The molecule has 0 fully saturated rings. The van der Waals surface area contributed by atoms with Gasteiger partial charge in [0.1, 0.15) is 11.5 Å². The zero-order valence-electron chi connectivity index (χ0n) is 16.9. The molecule has 0 bridgehead atoms. The monoisotopic (exact) mass is 415 g/mol. The van der Waals surface area contributed by atoms with Crippen LogP contribution in [0, 0.1) is 6.92 Å². The molecule has 1 unspecified atom stereocenters. The van der Waals surface area contributed by atoms with Gasteiger partial charge in [0.25, 0.3) is 0 Å². The normalized spacial score (nSPS) is 12.6. The second-order valence-corrected chi connectivity index (χ2v) is 8.36. The summed E-state index contributed by atoms with van der Waals surface area (Å²) >= 11 is 0. The van der Waals surface area contributed by atoms with Crippen molar-refractivity contribution in [1.82, 2.24) is 14.3 Å². The summed E-state index contributed by atoms with van der Waals surface area (Å²) in [5.41, 5.74) is 1.85. The second kappa shape index (κ2) is 8.67. The van der Waals surface area contributed by atoms with E-state index >= 15 is 0 Å². The molecule has 1 aromatic heterocycles. The molecule has 0 saturated carbocycles. The fraction of sp³-hybridized carbons (Fsp3) is 0.286. The lowest BCUT2D eigenvalue weighted by molar-refractivity contribution is 0.408. The molecular formula is C21H25N3O4S. The maximum Gasteiger partial charge on any atom is 0.302 e. The Balaban J connectivity index is 1.82. The van der Waals surface area contributed by atoms with E-state index in [1.165, 1.54) is 19.2 Å². The highest BCUT2D eigenvalue weighted by molar-refractivity contribution is 7.89. The standard InChI is InChI=1S/C21H25N3O4S/c1-5-24-20(14-22-21(24)28-17-11-9-15(2)10-12-17)16(3)23-29(25,26)19-8-6-7-18(13-19)27-4/h6-14,16,23H,5H2,1-4H3. The van der Waals surface area contributed by atoms with E-state index in [2.05, 4.69) is 9.71 Å². The number of nitrogens with one attached hydrogen (secondary N) is 1. The van der Waals surface area contributed by atoms with Crippen LogP contribution in [0.25, 0.3) is 0 Å². The first-order valence-corrected chi connectivity index (χ1v) is 10.8. The highest BCUT2D eigenvalue weighted by Crippen LogP contribution is 2.26. The van der Waals surface area contributed by atoms with Gasteiger partial charge in [0, 0.05) is 12.6 Å². The molecular weight excluding hydrogens is 390 g/mol. The van der Waals surface area contributed by atoms with Crippen LogP contribution in [0.2, 0.25) is 0 Å². The van der Waals surface area contributed by atoms with Crippen molar-refractivity contribution in [2.45, 2.75) is 38.3 Å². The molecule has 1 atom stereocenters. The Bertz CT molecular complexity index is 1080. The first kappa shape index (κ1) is 20.9. The molecule has 3 aromatic rings. The maximum absolute atomic E-state index is 12.8. The number of aromatic nitrogens is 2. The highest BCUT2D eigenvalue weighted by atomic mass is 32.2. The van der Waals surface area contributed by atoms with E-state index in [1.54, 1.807) is 25.3 Å². The van der Waals surface area contributed by atoms with Gasteiger partial charge in [-0.1, -0.05) is 23.8 Å². The van der Waals surface area contributed by atoms with Crippen molar-refractivity contribution in [2.75, 3.05) is 7.11 Å². The summed E-state index contributed by atoms with van der Waals surface area (Å²) < 4.78 is 41.1. The van der Waals surface area contributed by atoms with Gasteiger partial charge < -0.3 is 9.47 Å². The Morgan fingerprint density at radius 3 is 2.52 bits per heavy atom. The first-order chi connectivity index (χ1) is 13.8. The van der Waals surface area contributed by atoms with E-state index in [0.717, 1.165) is 5.56 Å². The van der Waals surface area contributed by atoms with Crippen molar-refractivity contribution < 1.29 is 17.9 Å². The molecule has 0 spiro atoms. The quantitative estimate of drug-likeness (QED) is 0.600. The number of nitrogens with zero attached hydrogens (tertiary/aromatic N) is 2. The number of rotatable bonds is 8. The zero-order valence-corrected chi connectivity index (χ0v) is 17.7. The van der Waals surface area contributed by atoms with Crippen LogP contribution < -0.4 is 14.2 Å². The molecule has 0 amide bonds. The number of benzene rings is 2. The smallest absolute Gasteiger partial charge is 0.302 e. The lowest BCUT2D eigenvalue weighted by Gasteiger charge is -2.17. The van der Waals surface area contributed by atoms with Crippen molar-refractivity contribution in [3.05, 3.63) is 66.0 Å². The summed E-state index contributed by atoms with van der Waals surface area (Å²) in [7, 11) is -2.23. The number of imidazole rings is 1. The van der Waals surface area contributed by atoms with Gasteiger partial charge in [0.15, 0.2) is 0 Å². The summed E-state index contributed by atoms with van der Waals surface area (Å²) in [4.78, 5) is 4.48. The van der Waals surface area contributed by atoms with E-state index in [1.807, 2.05) is 42.7 Å². The predicted octanol–water partition coefficient (Wildman–Crippen LogP) is 4.05. The van der Waals surface area contributed by atoms with E-state index in [-0.39, 0.29) is 4.90 Å². The van der Waals surface area contributed by atoms with Gasteiger partial charge in [-0.3, -0.25) is 4.57 Å². The molecule has 7 nitrogen and oxygen atoms in total. The van der Waals surface area contributed by atoms with Crippen LogP contribution in [0.5, 0.6) is 17.5 Å². The number of aryl methyl sites for hydroxylation is 1. The van der Waals surface area contributed by atoms with Crippen LogP contribution in [0.4, 0.5) is 0 Å². The first-order valence-electron chi connectivity index (χ1n) is 9.30. The molecule has 3 rings (SSSR count). The average Bonchev–Trinajstić information content (AvgIpc) is 3.12. The van der Waals surface area contributed by atoms with Crippen LogP contribution in [-0.4, -0.2) is 25.1 Å². The largest absolute Gasteiger partial charge is 0.497 e. The van der Waals surface area contributed by atoms with Gasteiger partial charge in [-0.05, 0) is 45.0 Å². The molecule has 0 aliphatic heterocycles. The fourth-order valence-electron chi connectivity index (χ4n) is 2.96. The minimum atomic E-state index is -3.73. The van der Waals surface area contributed by atoms with Crippen LogP contribution in [0.3, 0.4) is 0 Å². The highest BCUT2D eigenvalue weighted by Gasteiger charge is 2.23. The summed E-state index contributed by atoms with van der Waals surface area (Å²) in [5, 5.41) is 0. The SMILES string of the molecule is CCn1c(C(C)NS(=O)(=O)c2cccc(OC)c2)cnc1Oc1ccc(C)cc1. The van der Waals surface area contributed by atoms with Crippen molar-refractivity contribution in [3.63, 3.8) is 0 Å². The molecule has 1 N–H and O–H groups in total. The number of hydrogen-bond donors (Lipinski definition) is 1. The molecule has 154 valence electrons. The number of hydrogen-bond acceptors (Lipinski definition) is 5. The van der Waals surface area contributed by atoms with Gasteiger partial charge in [-0.25, -0.2) is 18.1 Å². The zero-order chi connectivity index (χ0) is 21.0. The van der Waals surface area contributed by atoms with Gasteiger partial charge in [0.2, 0.25) is 10.0 Å². The molecule has 0 aliphatic rings. The topological polar surface area (TPSA) is 82.5 Å². The van der Waals surface area contributed by atoms with Crippen molar-refractivity contribution >= 4 is 10.0 Å². The van der Waals surface area contributed by atoms with Gasteiger partial charge >= 0.3 is 6.01 Å². The summed E-state index contributed by atoms with van der Waals surface area (Å²) in [6.07, 6.45) is 1.63. The Labute approximate surface area is 171 Å². The number of sulfonamides is 1.